The molecule has 0 saturated carbocycles. The molecule has 1 amide bonds. The summed E-state index contributed by atoms with van der Waals surface area (Å²) in [4.78, 5) is 13.4. The lowest BCUT2D eigenvalue weighted by Crippen LogP contribution is -2.65. The van der Waals surface area contributed by atoms with Crippen LogP contribution >= 0.6 is 0 Å². The fraction of sp³-hybridized carbons (Fsp3) is 0.815. The van der Waals surface area contributed by atoms with Crippen molar-refractivity contribution >= 4 is 5.91 Å². The van der Waals surface area contributed by atoms with Crippen molar-refractivity contribution in [2.75, 3.05) is 19.8 Å². The number of carbonyl (C=O) groups is 1. The van der Waals surface area contributed by atoms with E-state index >= 15 is 0 Å². The van der Waals surface area contributed by atoms with Gasteiger partial charge in [-0.25, -0.2) is 0 Å². The summed E-state index contributed by atoms with van der Waals surface area (Å²) >= 11 is 0. The first-order chi connectivity index (χ1) is 46.6. The quantitative estimate of drug-likeness (QED) is 0.0204. The highest BCUT2D eigenvalue weighted by atomic mass is 16.7. The molecule has 2 aliphatic heterocycles. The Hall–Kier alpha value is -2.83. The van der Waals surface area contributed by atoms with Gasteiger partial charge in [0.2, 0.25) is 5.91 Å². The molecule has 9 N–H and O–H groups in total. The summed E-state index contributed by atoms with van der Waals surface area (Å²) in [7, 11) is 0. The highest BCUT2D eigenvalue weighted by Crippen LogP contribution is 2.30. The van der Waals surface area contributed by atoms with E-state index in [1.54, 1.807) is 6.08 Å². The van der Waals surface area contributed by atoms with Crippen LogP contribution in [0.1, 0.15) is 328 Å². The summed E-state index contributed by atoms with van der Waals surface area (Å²) in [6.45, 7) is 2.71. The van der Waals surface area contributed by atoms with E-state index in [0.29, 0.717) is 12.8 Å². The lowest BCUT2D eigenvalue weighted by Gasteiger charge is -2.46. The van der Waals surface area contributed by atoms with Crippen LogP contribution in [0.15, 0.2) is 85.1 Å². The van der Waals surface area contributed by atoms with E-state index in [-0.39, 0.29) is 18.9 Å². The molecule has 0 spiro atoms. The van der Waals surface area contributed by atoms with Gasteiger partial charge in [-0.1, -0.05) is 330 Å². The van der Waals surface area contributed by atoms with Gasteiger partial charge in [-0.05, 0) is 77.0 Å². The van der Waals surface area contributed by atoms with Crippen LogP contribution in [-0.2, 0) is 23.7 Å². The largest absolute Gasteiger partial charge is 0.394 e. The Morgan fingerprint density at radius 3 is 1.16 bits per heavy atom. The summed E-state index contributed by atoms with van der Waals surface area (Å²) < 4.78 is 22.9. The fourth-order valence-electron chi connectivity index (χ4n) is 12.6. The predicted octanol–water partition coefficient (Wildman–Crippen LogP) is 17.5. The number of allylic oxidation sites excluding steroid dienone is 13. The van der Waals surface area contributed by atoms with E-state index in [9.17, 15) is 45.6 Å². The molecule has 2 saturated heterocycles. The molecule has 552 valence electrons. The Kier molecular flexibility index (Phi) is 60.0. The van der Waals surface area contributed by atoms with Crippen molar-refractivity contribution in [1.82, 2.24) is 5.32 Å². The molecule has 0 bridgehead atoms. The monoisotopic (exact) mass is 1340 g/mol. The van der Waals surface area contributed by atoms with Gasteiger partial charge < -0.3 is 65.1 Å². The smallest absolute Gasteiger partial charge is 0.220 e. The van der Waals surface area contributed by atoms with Crippen LogP contribution < -0.4 is 5.32 Å². The van der Waals surface area contributed by atoms with E-state index < -0.39 is 86.8 Å². The first kappa shape index (κ1) is 88.3. The maximum absolute atomic E-state index is 13.4. The number of unbranched alkanes of at least 4 members (excludes halogenated alkanes) is 40. The van der Waals surface area contributed by atoms with E-state index in [1.165, 1.54) is 231 Å². The number of rotatable bonds is 65. The van der Waals surface area contributed by atoms with Crippen molar-refractivity contribution in [3.8, 4) is 0 Å². The number of aliphatic hydroxyl groups excluding tert-OH is 8. The molecule has 14 nitrogen and oxygen atoms in total. The fourth-order valence-corrected chi connectivity index (χ4v) is 12.6. The molecule has 2 rings (SSSR count). The minimum Gasteiger partial charge on any atom is -0.394 e. The highest BCUT2D eigenvalue weighted by Gasteiger charge is 2.51. The van der Waals surface area contributed by atoms with Crippen LogP contribution in [0.4, 0.5) is 0 Å². The summed E-state index contributed by atoms with van der Waals surface area (Å²) in [5.74, 6) is -0.245. The van der Waals surface area contributed by atoms with Crippen molar-refractivity contribution < 1.29 is 64.6 Å². The van der Waals surface area contributed by atoms with Gasteiger partial charge >= 0.3 is 0 Å². The SMILES string of the molecule is CC/C=C\C/C=C\C/C=C\C/C=C\C/C=C\CCCCCCCCCCCCCCCCCCCCCCCC(=O)NC(COC1OC(CO)C(OC2OC(CO)C(O)C(O)C2O)C(O)C1O)C(O)/C=C/CC/C=C/CCCCCCCCCCCCCCCCCCCC. The summed E-state index contributed by atoms with van der Waals surface area (Å²) in [5.41, 5.74) is 0. The van der Waals surface area contributed by atoms with Crippen molar-refractivity contribution in [1.29, 1.82) is 0 Å². The van der Waals surface area contributed by atoms with Gasteiger partial charge in [-0.3, -0.25) is 4.79 Å². The van der Waals surface area contributed by atoms with Crippen molar-refractivity contribution in [3.63, 3.8) is 0 Å². The minimum absolute atomic E-state index is 0.245. The number of carbonyl (C=O) groups excluding carboxylic acids is 1. The topological polar surface area (TPSA) is 228 Å². The normalized spacial score (nSPS) is 22.8. The van der Waals surface area contributed by atoms with E-state index in [2.05, 4.69) is 92.1 Å². The van der Waals surface area contributed by atoms with Gasteiger partial charge in [0.1, 0.15) is 48.8 Å². The zero-order valence-corrected chi connectivity index (χ0v) is 60.4. The van der Waals surface area contributed by atoms with Crippen LogP contribution in [0.2, 0.25) is 0 Å². The molecular weight excluding hydrogens is 1190 g/mol. The Balaban J connectivity index is 1.61. The molecule has 2 aliphatic rings. The van der Waals surface area contributed by atoms with Crippen LogP contribution in [-0.4, -0.2) is 140 Å². The molecule has 95 heavy (non-hydrogen) atoms. The van der Waals surface area contributed by atoms with Crippen LogP contribution in [0.25, 0.3) is 0 Å². The molecule has 14 heteroatoms. The minimum atomic E-state index is -1.79. The summed E-state index contributed by atoms with van der Waals surface area (Å²) in [5, 5.41) is 87.6. The third kappa shape index (κ3) is 47.8. The predicted molar refractivity (Wildman–Crippen MR) is 392 cm³/mol. The molecule has 0 aromatic carbocycles. The Bertz CT molecular complexity index is 1920. The molecule has 0 radical (unpaired) electrons. The van der Waals surface area contributed by atoms with Crippen molar-refractivity contribution in [3.05, 3.63) is 85.1 Å². The number of aliphatic hydroxyl groups is 8. The average Bonchev–Trinajstić information content (AvgIpc) is 0.927. The van der Waals surface area contributed by atoms with Crippen LogP contribution in [0.5, 0.6) is 0 Å². The second-order valence-corrected chi connectivity index (χ2v) is 27.4. The highest BCUT2D eigenvalue weighted by molar-refractivity contribution is 5.76. The Morgan fingerprint density at radius 2 is 0.737 bits per heavy atom. The number of hydrogen-bond donors (Lipinski definition) is 9. The summed E-state index contributed by atoms with van der Waals surface area (Å²) in [6.07, 6.45) is 73.8. The van der Waals surface area contributed by atoms with Gasteiger partial charge in [-0.15, -0.1) is 0 Å². The van der Waals surface area contributed by atoms with Crippen LogP contribution in [0.3, 0.4) is 0 Å². The first-order valence-corrected chi connectivity index (χ1v) is 39.3. The number of nitrogens with one attached hydrogen (secondary N) is 1. The first-order valence-electron chi connectivity index (χ1n) is 39.3. The van der Waals surface area contributed by atoms with Crippen LogP contribution in [0, 0.1) is 0 Å². The average molecular weight is 1340 g/mol. The summed E-state index contributed by atoms with van der Waals surface area (Å²) in [6, 6.07) is -0.935. The number of hydrogen-bond acceptors (Lipinski definition) is 13. The molecule has 12 atom stereocenters. The molecule has 2 heterocycles. The molecule has 12 unspecified atom stereocenters. The van der Waals surface area contributed by atoms with Gasteiger partial charge in [0, 0.05) is 6.42 Å². The maximum Gasteiger partial charge on any atom is 0.220 e. The molecule has 0 aromatic rings. The number of amides is 1. The van der Waals surface area contributed by atoms with E-state index in [0.717, 1.165) is 64.2 Å². The second kappa shape index (κ2) is 64.5. The molecular formula is C81H145NO13. The third-order valence-corrected chi connectivity index (χ3v) is 18.8. The Morgan fingerprint density at radius 1 is 0.389 bits per heavy atom. The van der Waals surface area contributed by atoms with E-state index in [1.807, 2.05) is 6.08 Å². The zero-order chi connectivity index (χ0) is 68.7. The lowest BCUT2D eigenvalue weighted by atomic mass is 9.97. The standard InChI is InChI=1S/C81H145NO13/c1-3-5-7-9-11-13-15-17-19-21-23-25-27-29-30-31-32-33-34-35-36-37-38-39-40-41-43-45-47-49-51-53-55-57-59-61-63-65-73(86)82-69(68-92-80-78(91)76(89)79(72(67-84)94-80)95-81-77(90)75(88)74(87)71(66-83)93-81)70(85)64-62-60-58-56-54-52-50-48-46-44-42-28-26-24-22-20-18-16-14-12-10-8-6-4-2/h5,7,11,13,17,19,23,25,29-30,54,56,62,64,69-72,74-81,83-85,87-91H,3-4,6,8-10,12,14-16,18,20-22,24,26-28,31-53,55,57-61,63,65-68H2,1-2H3,(H,82,86)/b7-5-,13-11-,19-17-,25-23-,30-29-,56-54+,64-62+. The second-order valence-electron chi connectivity index (χ2n) is 27.4. The third-order valence-electron chi connectivity index (χ3n) is 18.8. The van der Waals surface area contributed by atoms with Gasteiger partial charge in [-0.2, -0.15) is 0 Å². The van der Waals surface area contributed by atoms with Gasteiger partial charge in [0.15, 0.2) is 12.6 Å². The Labute approximate surface area is 580 Å². The van der Waals surface area contributed by atoms with Gasteiger partial charge in [0.25, 0.3) is 0 Å². The molecule has 0 aromatic heterocycles. The van der Waals surface area contributed by atoms with E-state index in [4.69, 9.17) is 18.9 Å². The van der Waals surface area contributed by atoms with Crippen molar-refractivity contribution in [2.24, 2.45) is 0 Å². The van der Waals surface area contributed by atoms with Gasteiger partial charge in [0.05, 0.1) is 32.0 Å². The lowest BCUT2D eigenvalue weighted by molar-refractivity contribution is -0.359. The molecule has 0 aliphatic carbocycles. The maximum atomic E-state index is 13.4. The number of ether oxygens (including phenoxy) is 4. The van der Waals surface area contributed by atoms with Crippen molar-refractivity contribution in [2.45, 2.75) is 402 Å². The molecule has 2 fully saturated rings. The zero-order valence-electron chi connectivity index (χ0n) is 60.4.